The summed E-state index contributed by atoms with van der Waals surface area (Å²) in [6.07, 6.45) is 5.93. The Morgan fingerprint density at radius 3 is 1.41 bits per heavy atom. The minimum Gasteiger partial charge on any atom is -0.326 e. The second-order valence-electron chi connectivity index (χ2n) is 11.8. The van der Waals surface area contributed by atoms with E-state index in [0.29, 0.717) is 12.8 Å². The average Bonchev–Trinajstić information content (AvgIpc) is 3.79. The maximum absolute atomic E-state index is 12.5. The molecule has 226 valence electrons. The van der Waals surface area contributed by atoms with E-state index in [0.717, 1.165) is 84.3 Å². The number of carbonyl (C=O) groups excluding carboxylic acids is 2. The van der Waals surface area contributed by atoms with E-state index in [-0.39, 0.29) is 11.8 Å². The van der Waals surface area contributed by atoms with Gasteiger partial charge in [-0.2, -0.15) is 0 Å². The molecule has 44 heavy (non-hydrogen) atoms. The Balaban J connectivity index is 1.16. The summed E-state index contributed by atoms with van der Waals surface area (Å²) in [4.78, 5) is 34.8. The van der Waals surface area contributed by atoms with E-state index >= 15 is 0 Å². The Morgan fingerprint density at radius 1 is 0.545 bits per heavy atom. The fourth-order valence-corrected chi connectivity index (χ4v) is 6.05. The first-order chi connectivity index (χ1) is 21.6. The Bertz CT molecular complexity index is 1450. The molecular weight excluding hydrogens is 546 g/mol. The van der Waals surface area contributed by atoms with Gasteiger partial charge >= 0.3 is 0 Å². The van der Waals surface area contributed by atoms with Gasteiger partial charge in [-0.1, -0.05) is 54.6 Å². The molecule has 2 amide bonds. The third kappa shape index (κ3) is 7.98. The number of likely N-dealkylation sites (tertiary alicyclic amines) is 2. The summed E-state index contributed by atoms with van der Waals surface area (Å²) in [5.41, 5.74) is 7.42. The first-order valence-corrected chi connectivity index (χ1v) is 15.9. The van der Waals surface area contributed by atoms with Crippen molar-refractivity contribution in [2.24, 2.45) is 0 Å². The molecule has 4 aromatic rings. The molecule has 0 aliphatic carbocycles. The van der Waals surface area contributed by atoms with Crippen LogP contribution in [0.25, 0.3) is 33.6 Å². The normalized spacial score (nSPS) is 15.4. The maximum atomic E-state index is 12.5. The number of aromatic nitrogens is 1. The molecule has 6 rings (SSSR count). The van der Waals surface area contributed by atoms with Crippen LogP contribution in [0.5, 0.6) is 0 Å². The highest BCUT2D eigenvalue weighted by molar-refractivity contribution is 5.92. The van der Waals surface area contributed by atoms with Gasteiger partial charge in [0.05, 0.1) is 11.4 Å². The molecule has 0 atom stereocenters. The lowest BCUT2D eigenvalue weighted by Crippen LogP contribution is -2.25. The van der Waals surface area contributed by atoms with Crippen molar-refractivity contribution >= 4 is 23.2 Å². The van der Waals surface area contributed by atoms with Gasteiger partial charge in [-0.05, 0) is 99.4 Å². The Morgan fingerprint density at radius 2 is 0.977 bits per heavy atom. The van der Waals surface area contributed by atoms with Crippen molar-refractivity contribution in [3.8, 4) is 33.6 Å². The summed E-state index contributed by atoms with van der Waals surface area (Å²) in [6, 6.07) is 30.3. The predicted molar refractivity (Wildman–Crippen MR) is 178 cm³/mol. The van der Waals surface area contributed by atoms with Crippen molar-refractivity contribution in [3.05, 3.63) is 91.0 Å². The van der Waals surface area contributed by atoms with Crippen LogP contribution in [0, 0.1) is 0 Å². The zero-order valence-electron chi connectivity index (χ0n) is 25.3. The molecule has 0 bridgehead atoms. The zero-order valence-corrected chi connectivity index (χ0v) is 25.3. The van der Waals surface area contributed by atoms with Crippen LogP contribution in [0.1, 0.15) is 38.5 Å². The summed E-state index contributed by atoms with van der Waals surface area (Å²) in [5, 5.41) is 6.08. The van der Waals surface area contributed by atoms with E-state index in [4.69, 9.17) is 4.98 Å². The molecule has 2 fully saturated rings. The summed E-state index contributed by atoms with van der Waals surface area (Å²) in [5.74, 6) is 0.0877. The fourth-order valence-electron chi connectivity index (χ4n) is 6.05. The van der Waals surface area contributed by atoms with E-state index in [2.05, 4.69) is 44.7 Å². The number of carbonyl (C=O) groups is 2. The van der Waals surface area contributed by atoms with Gasteiger partial charge in [0.15, 0.2) is 0 Å². The molecule has 0 spiro atoms. The van der Waals surface area contributed by atoms with Crippen molar-refractivity contribution in [1.82, 2.24) is 14.8 Å². The molecule has 0 radical (unpaired) electrons. The van der Waals surface area contributed by atoms with Crippen LogP contribution >= 0.6 is 0 Å². The van der Waals surface area contributed by atoms with Gasteiger partial charge in [0, 0.05) is 48.4 Å². The number of hydrogen-bond acceptors (Lipinski definition) is 5. The third-order valence-corrected chi connectivity index (χ3v) is 8.57. The second kappa shape index (κ2) is 14.4. The Kier molecular flexibility index (Phi) is 9.75. The minimum absolute atomic E-state index is 0.0439. The molecule has 0 unspecified atom stereocenters. The van der Waals surface area contributed by atoms with Crippen molar-refractivity contribution in [1.29, 1.82) is 0 Å². The molecule has 0 saturated carbocycles. The first-order valence-electron chi connectivity index (χ1n) is 15.9. The molecule has 2 N–H and O–H groups in total. The quantitative estimate of drug-likeness (QED) is 0.199. The molecule has 3 heterocycles. The zero-order chi connectivity index (χ0) is 30.1. The van der Waals surface area contributed by atoms with Gasteiger partial charge in [-0.3, -0.25) is 9.59 Å². The lowest BCUT2D eigenvalue weighted by atomic mass is 10.00. The highest BCUT2D eigenvalue weighted by Crippen LogP contribution is 2.31. The van der Waals surface area contributed by atoms with E-state index in [1.165, 1.54) is 25.7 Å². The lowest BCUT2D eigenvalue weighted by Gasteiger charge is -2.14. The molecule has 2 aliphatic heterocycles. The van der Waals surface area contributed by atoms with Crippen LogP contribution in [0.3, 0.4) is 0 Å². The molecule has 3 aromatic carbocycles. The van der Waals surface area contributed by atoms with Crippen molar-refractivity contribution < 1.29 is 9.59 Å². The Labute approximate surface area is 260 Å². The number of nitrogens with one attached hydrogen (secondary N) is 2. The van der Waals surface area contributed by atoms with Crippen LogP contribution in [-0.4, -0.2) is 65.9 Å². The molecule has 7 nitrogen and oxygen atoms in total. The number of amides is 2. The number of hydrogen-bond donors (Lipinski definition) is 2. The summed E-state index contributed by atoms with van der Waals surface area (Å²) >= 11 is 0. The topological polar surface area (TPSA) is 77.6 Å². The van der Waals surface area contributed by atoms with Crippen molar-refractivity contribution in [2.75, 3.05) is 49.9 Å². The molecular formula is C37H41N5O2. The van der Waals surface area contributed by atoms with Gasteiger partial charge in [-0.15, -0.1) is 0 Å². The highest BCUT2D eigenvalue weighted by Gasteiger charge is 2.15. The Hall–Kier alpha value is -4.33. The minimum atomic E-state index is 0.0439. The maximum Gasteiger partial charge on any atom is 0.225 e. The fraction of sp³-hybridized carbons (Fsp3) is 0.324. The monoisotopic (exact) mass is 587 g/mol. The van der Waals surface area contributed by atoms with Crippen LogP contribution in [0.4, 0.5) is 11.4 Å². The van der Waals surface area contributed by atoms with E-state index in [9.17, 15) is 9.59 Å². The standard InChI is InChI=1S/C37H41N5O2/c43-36(18-24-41-20-4-5-21-41)38-32-14-10-29(11-15-32)34-26-31(28-8-2-1-3-9-28)27-35(40-34)30-12-16-33(17-13-30)39-37(44)19-25-42-22-6-7-23-42/h1-3,8-17,26-27H,4-7,18-25H2,(H,38,43)(H,39,44). The van der Waals surface area contributed by atoms with E-state index in [1.807, 2.05) is 66.7 Å². The van der Waals surface area contributed by atoms with Gasteiger partial charge in [0.2, 0.25) is 11.8 Å². The molecule has 2 aliphatic rings. The smallest absolute Gasteiger partial charge is 0.225 e. The lowest BCUT2D eigenvalue weighted by molar-refractivity contribution is -0.117. The van der Waals surface area contributed by atoms with E-state index in [1.54, 1.807) is 0 Å². The second-order valence-corrected chi connectivity index (χ2v) is 11.8. The summed E-state index contributed by atoms with van der Waals surface area (Å²) in [7, 11) is 0. The van der Waals surface area contributed by atoms with Crippen molar-refractivity contribution in [3.63, 3.8) is 0 Å². The summed E-state index contributed by atoms with van der Waals surface area (Å²) < 4.78 is 0. The number of anilines is 2. The number of pyridine rings is 1. The third-order valence-electron chi connectivity index (χ3n) is 8.57. The van der Waals surface area contributed by atoms with Gasteiger partial charge in [0.25, 0.3) is 0 Å². The van der Waals surface area contributed by atoms with Crippen LogP contribution in [0.2, 0.25) is 0 Å². The van der Waals surface area contributed by atoms with Crippen LogP contribution in [0.15, 0.2) is 91.0 Å². The SMILES string of the molecule is O=C(CCN1CCCC1)Nc1ccc(-c2cc(-c3ccccc3)cc(-c3ccc(NC(=O)CCN4CCCC4)cc3)n2)cc1. The predicted octanol–water partition coefficient (Wildman–Crippen LogP) is 6.93. The number of benzene rings is 3. The summed E-state index contributed by atoms with van der Waals surface area (Å²) in [6.45, 7) is 6.01. The van der Waals surface area contributed by atoms with Gasteiger partial charge in [-0.25, -0.2) is 4.98 Å². The average molecular weight is 588 g/mol. The molecule has 7 heteroatoms. The molecule has 2 saturated heterocycles. The first kappa shape index (κ1) is 29.7. The van der Waals surface area contributed by atoms with Crippen molar-refractivity contribution in [2.45, 2.75) is 38.5 Å². The van der Waals surface area contributed by atoms with Crippen LogP contribution < -0.4 is 10.6 Å². The van der Waals surface area contributed by atoms with Gasteiger partial charge < -0.3 is 20.4 Å². The van der Waals surface area contributed by atoms with Crippen LogP contribution in [-0.2, 0) is 9.59 Å². The number of rotatable bonds is 11. The highest BCUT2D eigenvalue weighted by atomic mass is 16.2. The molecule has 1 aromatic heterocycles. The number of nitrogens with zero attached hydrogens (tertiary/aromatic N) is 3. The largest absolute Gasteiger partial charge is 0.326 e. The van der Waals surface area contributed by atoms with Gasteiger partial charge in [0.1, 0.15) is 0 Å². The van der Waals surface area contributed by atoms with E-state index < -0.39 is 0 Å².